The highest BCUT2D eigenvalue weighted by Gasteiger charge is 2.43. The van der Waals surface area contributed by atoms with Crippen molar-refractivity contribution in [2.45, 2.75) is 29.8 Å². The van der Waals surface area contributed by atoms with Crippen LogP contribution in [0.5, 0.6) is 17.2 Å². The number of benzene rings is 2. The average Bonchev–Trinajstić information content (AvgIpc) is 3.28. The minimum Gasteiger partial charge on any atom is -0.493 e. The predicted octanol–water partition coefficient (Wildman–Crippen LogP) is 4.47. The summed E-state index contributed by atoms with van der Waals surface area (Å²) >= 11 is 1.56. The molecule has 1 aliphatic heterocycles. The fourth-order valence-corrected chi connectivity index (χ4v) is 5.39. The van der Waals surface area contributed by atoms with E-state index in [9.17, 15) is 4.79 Å². The number of hydrogen-bond donors (Lipinski definition) is 1. The second kappa shape index (κ2) is 9.42. The number of nitrogens with zero attached hydrogens (tertiary/aromatic N) is 3. The Balaban J connectivity index is 1.60. The Morgan fingerprint density at radius 3 is 2.59 bits per heavy atom. The van der Waals surface area contributed by atoms with Crippen LogP contribution in [0.25, 0.3) is 0 Å². The minimum atomic E-state index is -0.427. The number of nitrogens with one attached hydrogen (secondary N) is 1. The SMILES string of the molecule is COc1ccc([C@H]2[C@@H]3C(=O)CCC=C3Nc3nc(SCc4ccccc4)nn32)c(OC)c1OC. The number of aromatic nitrogens is 3. The molecule has 34 heavy (non-hydrogen) atoms. The van der Waals surface area contributed by atoms with Crippen molar-refractivity contribution >= 4 is 23.5 Å². The van der Waals surface area contributed by atoms with Crippen LogP contribution >= 0.6 is 11.8 Å². The molecule has 1 aromatic heterocycles. The van der Waals surface area contributed by atoms with Gasteiger partial charge in [0.05, 0.1) is 33.3 Å². The lowest BCUT2D eigenvalue weighted by atomic mass is 9.80. The maximum absolute atomic E-state index is 13.2. The molecular formula is C25H26N4O4S. The van der Waals surface area contributed by atoms with E-state index in [0.717, 1.165) is 17.0 Å². The molecule has 2 aromatic carbocycles. The zero-order valence-electron chi connectivity index (χ0n) is 19.3. The van der Waals surface area contributed by atoms with E-state index in [1.54, 1.807) is 33.1 Å². The van der Waals surface area contributed by atoms with Crippen molar-refractivity contribution in [2.75, 3.05) is 26.6 Å². The van der Waals surface area contributed by atoms with Gasteiger partial charge in [-0.2, -0.15) is 4.98 Å². The first kappa shape index (κ1) is 22.3. The van der Waals surface area contributed by atoms with Gasteiger partial charge in [0.15, 0.2) is 11.5 Å². The van der Waals surface area contributed by atoms with E-state index >= 15 is 0 Å². The third-order valence-corrected chi connectivity index (χ3v) is 7.06. The number of fused-ring (bicyclic) bond motifs is 2. The molecule has 0 amide bonds. The molecule has 8 nitrogen and oxygen atoms in total. The maximum atomic E-state index is 13.2. The van der Waals surface area contributed by atoms with Gasteiger partial charge >= 0.3 is 0 Å². The molecule has 9 heteroatoms. The van der Waals surface area contributed by atoms with Gasteiger partial charge in [0, 0.05) is 23.4 Å². The normalized spacial score (nSPS) is 18.9. The van der Waals surface area contributed by atoms with Gasteiger partial charge in [-0.25, -0.2) is 4.68 Å². The topological polar surface area (TPSA) is 87.5 Å². The van der Waals surface area contributed by atoms with E-state index in [2.05, 4.69) is 23.5 Å². The van der Waals surface area contributed by atoms with Crippen molar-refractivity contribution in [3.05, 3.63) is 65.4 Å². The van der Waals surface area contributed by atoms with Gasteiger partial charge in [0.1, 0.15) is 5.78 Å². The molecule has 1 N–H and O–H groups in total. The van der Waals surface area contributed by atoms with Gasteiger partial charge in [-0.05, 0) is 24.1 Å². The van der Waals surface area contributed by atoms with Crippen molar-refractivity contribution < 1.29 is 19.0 Å². The fourth-order valence-electron chi connectivity index (χ4n) is 4.61. The Hall–Kier alpha value is -3.46. The quantitative estimate of drug-likeness (QED) is 0.498. The Bertz CT molecular complexity index is 1240. The Morgan fingerprint density at radius 1 is 1.06 bits per heavy atom. The smallest absolute Gasteiger partial charge is 0.227 e. The Labute approximate surface area is 202 Å². The van der Waals surface area contributed by atoms with Crippen molar-refractivity contribution in [3.8, 4) is 17.2 Å². The number of carbonyl (C=O) groups is 1. The zero-order chi connectivity index (χ0) is 23.7. The first-order valence-corrected chi connectivity index (χ1v) is 12.0. The summed E-state index contributed by atoms with van der Waals surface area (Å²) in [5.74, 6) is 2.66. The molecule has 2 heterocycles. The van der Waals surface area contributed by atoms with Gasteiger partial charge < -0.3 is 19.5 Å². The van der Waals surface area contributed by atoms with Crippen LogP contribution in [0.1, 0.15) is 30.0 Å². The summed E-state index contributed by atoms with van der Waals surface area (Å²) in [4.78, 5) is 17.9. The molecule has 2 atom stereocenters. The van der Waals surface area contributed by atoms with Gasteiger partial charge in [-0.1, -0.05) is 48.2 Å². The molecule has 0 bridgehead atoms. The van der Waals surface area contributed by atoms with E-state index in [-0.39, 0.29) is 5.78 Å². The molecular weight excluding hydrogens is 452 g/mol. The first-order valence-electron chi connectivity index (χ1n) is 11.1. The summed E-state index contributed by atoms with van der Waals surface area (Å²) in [6, 6.07) is 13.5. The number of anilines is 1. The fraction of sp³-hybridized carbons (Fsp3) is 0.320. The summed E-state index contributed by atoms with van der Waals surface area (Å²) in [6.45, 7) is 0. The summed E-state index contributed by atoms with van der Waals surface area (Å²) in [5, 5.41) is 8.82. The van der Waals surface area contributed by atoms with Gasteiger partial charge in [-0.15, -0.1) is 5.10 Å². The van der Waals surface area contributed by atoms with Crippen LogP contribution in [0.2, 0.25) is 0 Å². The molecule has 1 aliphatic carbocycles. The Kier molecular flexibility index (Phi) is 6.19. The first-order chi connectivity index (χ1) is 16.6. The van der Waals surface area contributed by atoms with Gasteiger partial charge in [0.2, 0.25) is 16.9 Å². The zero-order valence-corrected chi connectivity index (χ0v) is 20.1. The highest BCUT2D eigenvalue weighted by molar-refractivity contribution is 7.98. The summed E-state index contributed by atoms with van der Waals surface area (Å²) in [6.07, 6.45) is 3.28. The third kappa shape index (κ3) is 3.90. The van der Waals surface area contributed by atoms with E-state index in [0.29, 0.717) is 41.2 Å². The second-order valence-electron chi connectivity index (χ2n) is 8.07. The maximum Gasteiger partial charge on any atom is 0.227 e. The van der Waals surface area contributed by atoms with Crippen LogP contribution < -0.4 is 19.5 Å². The number of ketones is 1. The van der Waals surface area contributed by atoms with Gasteiger partial charge in [0.25, 0.3) is 0 Å². The lowest BCUT2D eigenvalue weighted by Crippen LogP contribution is -2.39. The lowest BCUT2D eigenvalue weighted by molar-refractivity contribution is -0.123. The number of thioether (sulfide) groups is 1. The van der Waals surface area contributed by atoms with Crippen LogP contribution in [0.15, 0.2) is 59.4 Å². The second-order valence-corrected chi connectivity index (χ2v) is 9.01. The number of allylic oxidation sites excluding steroid dienone is 2. The molecule has 0 spiro atoms. The molecule has 2 aliphatic rings. The number of Topliss-reactive ketones (excluding diaryl/α,β-unsaturated/α-hetero) is 1. The summed E-state index contributed by atoms with van der Waals surface area (Å²) in [7, 11) is 4.74. The number of carbonyl (C=O) groups excluding carboxylic acids is 1. The lowest BCUT2D eigenvalue weighted by Gasteiger charge is -2.36. The van der Waals surface area contributed by atoms with Crippen molar-refractivity contribution in [3.63, 3.8) is 0 Å². The highest BCUT2D eigenvalue weighted by Crippen LogP contribution is 2.49. The van der Waals surface area contributed by atoms with Crippen molar-refractivity contribution in [1.29, 1.82) is 0 Å². The number of rotatable bonds is 7. The van der Waals surface area contributed by atoms with E-state index < -0.39 is 12.0 Å². The average molecular weight is 479 g/mol. The van der Waals surface area contributed by atoms with Crippen molar-refractivity contribution in [2.24, 2.45) is 5.92 Å². The van der Waals surface area contributed by atoms with Crippen LogP contribution in [-0.2, 0) is 10.5 Å². The number of hydrogen-bond acceptors (Lipinski definition) is 8. The monoisotopic (exact) mass is 478 g/mol. The molecule has 0 saturated carbocycles. The molecule has 0 fully saturated rings. The summed E-state index contributed by atoms with van der Waals surface area (Å²) < 4.78 is 18.7. The van der Waals surface area contributed by atoms with E-state index in [1.165, 1.54) is 5.56 Å². The highest BCUT2D eigenvalue weighted by atomic mass is 32.2. The standard InChI is InChI=1S/C25H26N4O4S/c1-31-19-13-12-16(22(32-2)23(19)33-3)21-20-17(10-7-11-18(20)30)26-24-27-25(28-29(21)24)34-14-15-8-5-4-6-9-15/h4-6,8-10,12-13,20-21H,7,11,14H2,1-3H3,(H,26,27,28)/t20-,21-/m0/s1. The molecule has 0 saturated heterocycles. The van der Waals surface area contributed by atoms with Crippen LogP contribution in [0.3, 0.4) is 0 Å². The minimum absolute atomic E-state index is 0.159. The summed E-state index contributed by atoms with van der Waals surface area (Å²) in [5.41, 5.74) is 2.84. The van der Waals surface area contributed by atoms with Gasteiger partial charge in [-0.3, -0.25) is 4.79 Å². The van der Waals surface area contributed by atoms with Crippen LogP contribution in [0.4, 0.5) is 5.95 Å². The molecule has 176 valence electrons. The number of ether oxygens (including phenoxy) is 3. The van der Waals surface area contributed by atoms with Crippen LogP contribution in [-0.4, -0.2) is 41.9 Å². The van der Waals surface area contributed by atoms with E-state index in [1.807, 2.05) is 35.0 Å². The Morgan fingerprint density at radius 2 is 1.85 bits per heavy atom. The predicted molar refractivity (Wildman–Crippen MR) is 130 cm³/mol. The largest absolute Gasteiger partial charge is 0.493 e. The van der Waals surface area contributed by atoms with Crippen molar-refractivity contribution in [1.82, 2.24) is 14.8 Å². The van der Waals surface area contributed by atoms with Crippen LogP contribution in [0, 0.1) is 5.92 Å². The molecule has 3 aromatic rings. The molecule has 5 rings (SSSR count). The number of methoxy groups -OCH3 is 3. The molecule has 0 radical (unpaired) electrons. The molecule has 0 unspecified atom stereocenters. The third-order valence-electron chi connectivity index (χ3n) is 6.15. The van der Waals surface area contributed by atoms with E-state index in [4.69, 9.17) is 24.3 Å².